The highest BCUT2D eigenvalue weighted by Crippen LogP contribution is 2.13. The van der Waals surface area contributed by atoms with E-state index in [4.69, 9.17) is 25.1 Å². The highest BCUT2D eigenvalue weighted by Gasteiger charge is 2.02. The van der Waals surface area contributed by atoms with Crippen LogP contribution in [0.1, 0.15) is 42.5 Å². The Hall–Kier alpha value is -3.48. The zero-order valence-corrected chi connectivity index (χ0v) is 17.9. The second kappa shape index (κ2) is 15.4. The van der Waals surface area contributed by atoms with Gasteiger partial charge in [-0.1, -0.05) is 25.8 Å². The summed E-state index contributed by atoms with van der Waals surface area (Å²) in [6, 6.07) is 13.7. The van der Waals surface area contributed by atoms with Crippen molar-refractivity contribution in [3.05, 3.63) is 66.7 Å². The molecule has 7 nitrogen and oxygen atoms in total. The van der Waals surface area contributed by atoms with Gasteiger partial charge >= 0.3 is 11.9 Å². The minimum Gasteiger partial charge on any atom is -0.497 e. The largest absolute Gasteiger partial charge is 0.497 e. The van der Waals surface area contributed by atoms with E-state index in [1.807, 2.05) is 12.1 Å². The van der Waals surface area contributed by atoms with Crippen LogP contribution in [0.3, 0.4) is 0 Å². The minimum atomic E-state index is -0.940. The second-order valence-electron chi connectivity index (χ2n) is 6.59. The lowest BCUT2D eigenvalue weighted by Gasteiger charge is -2.06. The first kappa shape index (κ1) is 25.6. The molecule has 0 radical (unpaired) electrons. The van der Waals surface area contributed by atoms with Crippen LogP contribution in [0.25, 0.3) is 0 Å². The van der Waals surface area contributed by atoms with Crippen molar-refractivity contribution < 1.29 is 28.9 Å². The topological polar surface area (TPSA) is 108 Å². The van der Waals surface area contributed by atoms with Gasteiger partial charge in [0.1, 0.15) is 11.5 Å². The smallest absolute Gasteiger partial charge is 0.335 e. The summed E-state index contributed by atoms with van der Waals surface area (Å²) in [4.78, 5) is 21.5. The number of carboxylic acid groups (broad SMARTS) is 1. The number of methoxy groups -OCH3 is 1. The molecule has 3 N–H and O–H groups in total. The van der Waals surface area contributed by atoms with Gasteiger partial charge in [0.25, 0.3) is 0 Å². The van der Waals surface area contributed by atoms with E-state index in [1.54, 1.807) is 31.4 Å². The number of carbonyl (C=O) groups excluding carboxylic acids is 1. The number of anilines is 1. The summed E-state index contributed by atoms with van der Waals surface area (Å²) in [7, 11) is 1.63. The van der Waals surface area contributed by atoms with Gasteiger partial charge in [0, 0.05) is 11.8 Å². The number of carbonyl (C=O) groups is 2. The van der Waals surface area contributed by atoms with Crippen molar-refractivity contribution in [1.82, 2.24) is 0 Å². The molecule has 0 aliphatic rings. The van der Waals surface area contributed by atoms with Crippen molar-refractivity contribution in [2.45, 2.75) is 32.1 Å². The monoisotopic (exact) mass is 429 g/mol. The Balaban J connectivity index is 0.000000442. The van der Waals surface area contributed by atoms with Gasteiger partial charge < -0.3 is 25.1 Å². The molecule has 0 atom stereocenters. The number of aromatic carboxylic acids is 1. The fourth-order valence-electron chi connectivity index (χ4n) is 2.45. The molecule has 0 aliphatic heterocycles. The average molecular weight is 430 g/mol. The molecule has 168 valence electrons. The summed E-state index contributed by atoms with van der Waals surface area (Å²) >= 11 is 0. The van der Waals surface area contributed by atoms with Crippen molar-refractivity contribution in [3.8, 4) is 11.5 Å². The standard InChI is InChI=1S/C17H22O5.C7H9NO/c1-2-16(18)22-13-7-5-3-4-6-12-21-15-10-8-14(9-11-15)17(19)20;1-9-7-4-2-6(8)3-5-7/h2,8-11H,1,3-7,12-13H2,(H,19,20);2-5H,8H2,1H3. The molecule has 0 aromatic heterocycles. The number of rotatable bonds is 12. The Labute approximate surface area is 183 Å². The maximum Gasteiger partial charge on any atom is 0.335 e. The third kappa shape index (κ3) is 12.0. The van der Waals surface area contributed by atoms with Gasteiger partial charge in [-0.3, -0.25) is 0 Å². The van der Waals surface area contributed by atoms with Gasteiger partial charge in [-0.15, -0.1) is 0 Å². The molecule has 0 fully saturated rings. The van der Waals surface area contributed by atoms with E-state index in [0.29, 0.717) is 19.0 Å². The van der Waals surface area contributed by atoms with E-state index in [-0.39, 0.29) is 11.5 Å². The summed E-state index contributed by atoms with van der Waals surface area (Å²) in [5.74, 6) is 0.207. The molecule has 2 aromatic carbocycles. The molecular formula is C24H31NO6. The van der Waals surface area contributed by atoms with Crippen molar-refractivity contribution in [2.24, 2.45) is 0 Å². The molecule has 2 aromatic rings. The lowest BCUT2D eigenvalue weighted by Crippen LogP contribution is -2.02. The Morgan fingerprint density at radius 2 is 1.45 bits per heavy atom. The lowest BCUT2D eigenvalue weighted by atomic mass is 10.1. The van der Waals surface area contributed by atoms with Crippen LogP contribution in [0.5, 0.6) is 11.5 Å². The molecule has 0 aliphatic carbocycles. The van der Waals surface area contributed by atoms with Crippen molar-refractivity contribution in [3.63, 3.8) is 0 Å². The summed E-state index contributed by atoms with van der Waals surface area (Å²) in [6.45, 7) is 4.38. The van der Waals surface area contributed by atoms with E-state index in [0.717, 1.165) is 43.5 Å². The molecule has 7 heteroatoms. The van der Waals surface area contributed by atoms with Gasteiger partial charge in [0.05, 0.1) is 25.9 Å². The van der Waals surface area contributed by atoms with Crippen LogP contribution in [0, 0.1) is 0 Å². The number of nitrogens with two attached hydrogens (primary N) is 1. The second-order valence-corrected chi connectivity index (χ2v) is 6.59. The van der Waals surface area contributed by atoms with Gasteiger partial charge in [0.2, 0.25) is 0 Å². The van der Waals surface area contributed by atoms with E-state index >= 15 is 0 Å². The van der Waals surface area contributed by atoms with Crippen molar-refractivity contribution >= 4 is 17.6 Å². The molecule has 0 amide bonds. The third-order valence-electron chi connectivity index (χ3n) is 4.19. The highest BCUT2D eigenvalue weighted by molar-refractivity contribution is 5.87. The van der Waals surface area contributed by atoms with E-state index in [9.17, 15) is 9.59 Å². The van der Waals surface area contributed by atoms with E-state index in [1.165, 1.54) is 18.2 Å². The number of benzene rings is 2. The molecule has 0 unspecified atom stereocenters. The average Bonchev–Trinajstić information content (AvgIpc) is 2.79. The van der Waals surface area contributed by atoms with Crippen LogP contribution < -0.4 is 15.2 Å². The molecule has 0 heterocycles. The van der Waals surface area contributed by atoms with Crippen LogP contribution in [-0.4, -0.2) is 37.4 Å². The first-order valence-corrected chi connectivity index (χ1v) is 10.1. The van der Waals surface area contributed by atoms with Gasteiger partial charge in [-0.25, -0.2) is 9.59 Å². The number of hydrogen-bond donors (Lipinski definition) is 2. The number of nitrogen functional groups attached to an aromatic ring is 1. The molecule has 0 spiro atoms. The number of ether oxygens (including phenoxy) is 3. The fourth-order valence-corrected chi connectivity index (χ4v) is 2.45. The summed E-state index contributed by atoms with van der Waals surface area (Å²) in [5, 5.41) is 8.78. The van der Waals surface area contributed by atoms with Crippen LogP contribution in [0.4, 0.5) is 5.69 Å². The first-order valence-electron chi connectivity index (χ1n) is 10.1. The Morgan fingerprint density at radius 1 is 0.903 bits per heavy atom. The summed E-state index contributed by atoms with van der Waals surface area (Å²) in [5.41, 5.74) is 6.44. The first-order chi connectivity index (χ1) is 15.0. The molecule has 2 rings (SSSR count). The van der Waals surface area contributed by atoms with Gasteiger partial charge in [0.15, 0.2) is 0 Å². The predicted octanol–water partition coefficient (Wildman–Crippen LogP) is 4.72. The fraction of sp³-hybridized carbons (Fsp3) is 0.333. The maximum absolute atomic E-state index is 10.8. The quantitative estimate of drug-likeness (QED) is 0.217. The van der Waals surface area contributed by atoms with Crippen LogP contribution in [0.15, 0.2) is 61.2 Å². The third-order valence-corrected chi connectivity index (χ3v) is 4.19. The number of hydrogen-bond acceptors (Lipinski definition) is 6. The molecular weight excluding hydrogens is 398 g/mol. The Morgan fingerprint density at radius 3 is 2.00 bits per heavy atom. The van der Waals surface area contributed by atoms with Gasteiger partial charge in [-0.05, 0) is 61.4 Å². The minimum absolute atomic E-state index is 0.254. The highest BCUT2D eigenvalue weighted by atomic mass is 16.5. The molecule has 0 saturated carbocycles. The SMILES string of the molecule is C=CC(=O)OCCCCCCCOc1ccc(C(=O)O)cc1.COc1ccc(N)cc1. The predicted molar refractivity (Wildman–Crippen MR) is 121 cm³/mol. The van der Waals surface area contributed by atoms with E-state index in [2.05, 4.69) is 6.58 Å². The van der Waals surface area contributed by atoms with Gasteiger partial charge in [-0.2, -0.15) is 0 Å². The maximum atomic E-state index is 10.8. The zero-order chi connectivity index (χ0) is 22.9. The van der Waals surface area contributed by atoms with E-state index < -0.39 is 5.97 Å². The molecule has 31 heavy (non-hydrogen) atoms. The Bertz CT molecular complexity index is 787. The molecule has 0 saturated heterocycles. The molecule has 0 bridgehead atoms. The summed E-state index contributed by atoms with van der Waals surface area (Å²) in [6.07, 6.45) is 6.08. The number of carboxylic acids is 1. The van der Waals surface area contributed by atoms with Crippen LogP contribution in [-0.2, 0) is 9.53 Å². The lowest BCUT2D eigenvalue weighted by molar-refractivity contribution is -0.137. The zero-order valence-electron chi connectivity index (χ0n) is 17.9. The number of esters is 1. The van der Waals surface area contributed by atoms with Crippen LogP contribution in [0.2, 0.25) is 0 Å². The normalized spacial score (nSPS) is 9.71. The van der Waals surface area contributed by atoms with Crippen molar-refractivity contribution in [1.29, 1.82) is 0 Å². The number of unbranched alkanes of at least 4 members (excludes halogenated alkanes) is 4. The Kier molecular flexibility index (Phi) is 12.7. The van der Waals surface area contributed by atoms with Crippen LogP contribution >= 0.6 is 0 Å². The van der Waals surface area contributed by atoms with Crippen molar-refractivity contribution in [2.75, 3.05) is 26.1 Å². The summed E-state index contributed by atoms with van der Waals surface area (Å²) < 4.78 is 15.3.